The topological polar surface area (TPSA) is 92.1 Å². The van der Waals surface area contributed by atoms with Crippen molar-refractivity contribution in [3.8, 4) is 40.1 Å². The van der Waals surface area contributed by atoms with Crippen molar-refractivity contribution in [3.63, 3.8) is 0 Å². The molecule has 0 radical (unpaired) electrons. The maximum Gasteiger partial charge on any atom is 0.216 e. The maximum absolute atomic E-state index is 5.45. The van der Waals surface area contributed by atoms with E-state index in [1.807, 2.05) is 12.1 Å². The van der Waals surface area contributed by atoms with Crippen molar-refractivity contribution in [1.82, 2.24) is 14.9 Å². The van der Waals surface area contributed by atoms with Gasteiger partial charge in [-0.05, 0) is 36.5 Å². The first-order valence-electron chi connectivity index (χ1n) is 8.81. The van der Waals surface area contributed by atoms with Gasteiger partial charge in [0.25, 0.3) is 0 Å². The molecule has 0 spiro atoms. The molecule has 0 amide bonds. The number of aromatic nitrogens is 3. The Morgan fingerprint density at radius 3 is 2.10 bits per heavy atom. The van der Waals surface area contributed by atoms with E-state index >= 15 is 0 Å². The average molecular weight is 430 g/mol. The molecule has 10 heteroatoms. The van der Waals surface area contributed by atoms with Crippen molar-refractivity contribution in [2.45, 2.75) is 0 Å². The summed E-state index contributed by atoms with van der Waals surface area (Å²) in [6, 6.07) is 9.04. The molecule has 0 fully saturated rings. The van der Waals surface area contributed by atoms with Gasteiger partial charge in [-0.15, -0.1) is 0 Å². The number of benzene rings is 2. The van der Waals surface area contributed by atoms with Crippen molar-refractivity contribution >= 4 is 18.4 Å². The van der Waals surface area contributed by atoms with E-state index in [4.69, 9.17) is 35.9 Å². The molecule has 0 aliphatic carbocycles. The Morgan fingerprint density at radius 2 is 1.53 bits per heavy atom. The molecule has 0 saturated carbocycles. The summed E-state index contributed by atoms with van der Waals surface area (Å²) in [5, 5.41) is 11.6. The van der Waals surface area contributed by atoms with Gasteiger partial charge in [-0.1, -0.05) is 6.07 Å². The summed E-state index contributed by atoms with van der Waals surface area (Å²) in [6.45, 7) is 0. The van der Waals surface area contributed by atoms with Gasteiger partial charge in [0.05, 0.1) is 41.8 Å². The number of rotatable bonds is 8. The molecule has 3 aromatic rings. The smallest absolute Gasteiger partial charge is 0.216 e. The zero-order chi connectivity index (χ0) is 21.7. The van der Waals surface area contributed by atoms with E-state index in [1.54, 1.807) is 60.0 Å². The fourth-order valence-electron chi connectivity index (χ4n) is 2.93. The third-order valence-electron chi connectivity index (χ3n) is 4.32. The summed E-state index contributed by atoms with van der Waals surface area (Å²) in [6.07, 6.45) is 1.62. The Kier molecular flexibility index (Phi) is 6.58. The van der Waals surface area contributed by atoms with Gasteiger partial charge in [-0.3, -0.25) is 0 Å². The van der Waals surface area contributed by atoms with Crippen LogP contribution in [0, 0.1) is 4.77 Å². The van der Waals surface area contributed by atoms with Gasteiger partial charge in [0.15, 0.2) is 28.8 Å². The van der Waals surface area contributed by atoms with Gasteiger partial charge in [0.2, 0.25) is 10.5 Å². The molecule has 158 valence electrons. The molecular weight excluding hydrogens is 408 g/mol. The van der Waals surface area contributed by atoms with Crippen molar-refractivity contribution in [2.75, 3.05) is 35.5 Å². The number of nitrogens with zero attached hydrogens (tertiary/aromatic N) is 3. The van der Waals surface area contributed by atoms with Crippen LogP contribution < -0.4 is 23.7 Å². The Bertz CT molecular complexity index is 1100. The molecular formula is C20H22N4O5S. The van der Waals surface area contributed by atoms with Crippen LogP contribution in [-0.2, 0) is 0 Å². The van der Waals surface area contributed by atoms with E-state index in [1.165, 1.54) is 4.68 Å². The molecule has 0 atom stereocenters. The summed E-state index contributed by atoms with van der Waals surface area (Å²) in [7, 11) is 7.78. The minimum absolute atomic E-state index is 0.317. The predicted octanol–water partition coefficient (Wildman–Crippen LogP) is 3.53. The van der Waals surface area contributed by atoms with Gasteiger partial charge in [-0.2, -0.15) is 14.9 Å². The normalized spacial score (nSPS) is 10.8. The highest BCUT2D eigenvalue weighted by molar-refractivity contribution is 7.71. The van der Waals surface area contributed by atoms with Crippen molar-refractivity contribution in [2.24, 2.45) is 5.10 Å². The largest absolute Gasteiger partial charge is 0.493 e. The second-order valence-corrected chi connectivity index (χ2v) is 6.29. The van der Waals surface area contributed by atoms with Crippen LogP contribution in [0.5, 0.6) is 28.7 Å². The van der Waals surface area contributed by atoms with Crippen molar-refractivity contribution < 1.29 is 23.7 Å². The van der Waals surface area contributed by atoms with Crippen molar-refractivity contribution in [3.05, 3.63) is 40.7 Å². The molecule has 0 unspecified atom stereocenters. The molecule has 30 heavy (non-hydrogen) atoms. The highest BCUT2D eigenvalue weighted by Gasteiger charge is 2.17. The predicted molar refractivity (Wildman–Crippen MR) is 115 cm³/mol. The van der Waals surface area contributed by atoms with Gasteiger partial charge >= 0.3 is 0 Å². The number of hydrogen-bond acceptors (Lipinski definition) is 8. The fourth-order valence-corrected chi connectivity index (χ4v) is 3.11. The molecule has 0 saturated heterocycles. The van der Waals surface area contributed by atoms with Gasteiger partial charge in [-0.25, -0.2) is 5.10 Å². The van der Waals surface area contributed by atoms with E-state index in [2.05, 4.69) is 15.3 Å². The van der Waals surface area contributed by atoms with Crippen LogP contribution in [0.1, 0.15) is 5.56 Å². The lowest BCUT2D eigenvalue weighted by molar-refractivity contribution is 0.324. The molecule has 0 aliphatic heterocycles. The summed E-state index contributed by atoms with van der Waals surface area (Å²) in [5.41, 5.74) is 1.39. The zero-order valence-corrected chi connectivity index (χ0v) is 18.1. The third kappa shape index (κ3) is 3.94. The number of nitrogens with one attached hydrogen (secondary N) is 1. The summed E-state index contributed by atoms with van der Waals surface area (Å²) >= 11 is 5.36. The van der Waals surface area contributed by atoms with Crippen LogP contribution >= 0.6 is 12.2 Å². The fraction of sp³-hybridized carbons (Fsp3) is 0.250. The van der Waals surface area contributed by atoms with Gasteiger partial charge in [0.1, 0.15) is 0 Å². The Morgan fingerprint density at radius 1 is 0.900 bits per heavy atom. The minimum Gasteiger partial charge on any atom is -0.493 e. The van der Waals surface area contributed by atoms with Crippen LogP contribution in [0.2, 0.25) is 0 Å². The van der Waals surface area contributed by atoms with Gasteiger partial charge in [0, 0.05) is 11.1 Å². The first-order valence-corrected chi connectivity index (χ1v) is 9.21. The third-order valence-corrected chi connectivity index (χ3v) is 4.58. The quantitative estimate of drug-likeness (QED) is 0.432. The molecule has 0 aliphatic rings. The molecule has 0 bridgehead atoms. The second kappa shape index (κ2) is 9.31. The second-order valence-electron chi connectivity index (χ2n) is 5.91. The number of para-hydroxylation sites is 1. The van der Waals surface area contributed by atoms with E-state index in [0.717, 1.165) is 5.56 Å². The first-order chi connectivity index (χ1) is 14.6. The number of aromatic amines is 1. The first kappa shape index (κ1) is 21.2. The molecule has 9 nitrogen and oxygen atoms in total. The van der Waals surface area contributed by atoms with Crippen LogP contribution in [0.4, 0.5) is 0 Å². The Balaban J connectivity index is 2.10. The summed E-state index contributed by atoms with van der Waals surface area (Å²) in [4.78, 5) is 0. The SMILES string of the molecule is COc1cccc(/C=N/n2c(-c3cc(OC)c(OC)c(OC)c3)n[nH]c2=S)c1OC. The average Bonchev–Trinajstić information content (AvgIpc) is 3.16. The number of methoxy groups -OCH3 is 5. The Hall–Kier alpha value is -3.53. The lowest BCUT2D eigenvalue weighted by Crippen LogP contribution is -2.00. The molecule has 1 N–H and O–H groups in total. The number of ether oxygens (including phenoxy) is 5. The zero-order valence-electron chi connectivity index (χ0n) is 17.3. The van der Waals surface area contributed by atoms with Crippen LogP contribution in [0.25, 0.3) is 11.4 Å². The standard InChI is InChI=1S/C20H22N4O5S/c1-25-14-8-6-7-12(17(14)28-4)11-21-24-19(22-23-20(24)30)13-9-15(26-2)18(29-5)16(10-13)27-3/h6-11H,1-5H3,(H,23,30)/b21-11+. The van der Waals surface area contributed by atoms with Gasteiger partial charge < -0.3 is 23.7 Å². The Labute approximate surface area is 178 Å². The van der Waals surface area contributed by atoms with E-state index in [9.17, 15) is 0 Å². The van der Waals surface area contributed by atoms with Crippen LogP contribution in [0.3, 0.4) is 0 Å². The summed E-state index contributed by atoms with van der Waals surface area (Å²) < 4.78 is 28.8. The molecule has 2 aromatic carbocycles. The maximum atomic E-state index is 5.45. The monoisotopic (exact) mass is 430 g/mol. The minimum atomic E-state index is 0.317. The number of hydrogen-bond donors (Lipinski definition) is 1. The number of H-pyrrole nitrogens is 1. The highest BCUT2D eigenvalue weighted by Crippen LogP contribution is 2.40. The van der Waals surface area contributed by atoms with Crippen LogP contribution in [0.15, 0.2) is 35.4 Å². The molecule has 1 aromatic heterocycles. The van der Waals surface area contributed by atoms with E-state index < -0.39 is 0 Å². The molecule has 3 rings (SSSR count). The van der Waals surface area contributed by atoms with Crippen LogP contribution in [-0.4, -0.2) is 56.6 Å². The van der Waals surface area contributed by atoms with E-state index in [-0.39, 0.29) is 0 Å². The lowest BCUT2D eigenvalue weighted by atomic mass is 10.1. The highest BCUT2D eigenvalue weighted by atomic mass is 32.1. The molecule has 1 heterocycles. The van der Waals surface area contributed by atoms with Crippen molar-refractivity contribution in [1.29, 1.82) is 0 Å². The summed E-state index contributed by atoms with van der Waals surface area (Å²) in [5.74, 6) is 3.10. The lowest BCUT2D eigenvalue weighted by Gasteiger charge is -2.13. The van der Waals surface area contributed by atoms with E-state index in [0.29, 0.717) is 44.9 Å².